The molecule has 0 unspecified atom stereocenters. The lowest BCUT2D eigenvalue weighted by atomic mass is 10.1. The zero-order valence-corrected chi connectivity index (χ0v) is 10.2. The van der Waals surface area contributed by atoms with Crippen molar-refractivity contribution in [2.45, 2.75) is 6.54 Å². The first kappa shape index (κ1) is 12.8. The Morgan fingerprint density at radius 1 is 0.947 bits per heavy atom. The third-order valence-corrected chi connectivity index (χ3v) is 2.63. The van der Waals surface area contributed by atoms with Crippen LogP contribution in [0.4, 0.5) is 0 Å². The second-order valence-corrected chi connectivity index (χ2v) is 4.04. The van der Waals surface area contributed by atoms with Gasteiger partial charge in [0.1, 0.15) is 5.75 Å². The normalized spacial score (nSPS) is 9.89. The van der Waals surface area contributed by atoms with Gasteiger partial charge in [0, 0.05) is 12.1 Å². The molecule has 0 heterocycles. The summed E-state index contributed by atoms with van der Waals surface area (Å²) in [6.45, 7) is 0.309. The van der Waals surface area contributed by atoms with Crippen molar-refractivity contribution in [3.8, 4) is 5.75 Å². The van der Waals surface area contributed by atoms with Gasteiger partial charge in [0.05, 0.1) is 0 Å². The second kappa shape index (κ2) is 5.82. The van der Waals surface area contributed by atoms with Crippen LogP contribution < -0.4 is 5.32 Å². The smallest absolute Gasteiger partial charge is 0.292 e. The summed E-state index contributed by atoms with van der Waals surface area (Å²) in [4.78, 5) is 23.5. The second-order valence-electron chi connectivity index (χ2n) is 4.04. The fraction of sp³-hybridized carbons (Fsp3) is 0.0667. The number of carbonyl (C=O) groups excluding carboxylic acids is 2. The minimum Gasteiger partial charge on any atom is -0.508 e. The SMILES string of the molecule is O=C(NCc1ccccc1)C(=O)c1ccc(O)cc1. The highest BCUT2D eigenvalue weighted by Gasteiger charge is 2.15. The van der Waals surface area contributed by atoms with Crippen molar-refractivity contribution >= 4 is 11.7 Å². The molecule has 2 N–H and O–H groups in total. The number of hydrogen-bond donors (Lipinski definition) is 2. The molecular weight excluding hydrogens is 242 g/mol. The van der Waals surface area contributed by atoms with Crippen LogP contribution in [0.1, 0.15) is 15.9 Å². The van der Waals surface area contributed by atoms with Crippen LogP contribution in [0.15, 0.2) is 54.6 Å². The number of rotatable bonds is 4. The van der Waals surface area contributed by atoms with E-state index < -0.39 is 11.7 Å². The van der Waals surface area contributed by atoms with Crippen LogP contribution in [0.3, 0.4) is 0 Å². The maximum atomic E-state index is 11.8. The van der Waals surface area contributed by atoms with Gasteiger partial charge in [-0.2, -0.15) is 0 Å². The van der Waals surface area contributed by atoms with Crippen LogP contribution in [-0.4, -0.2) is 16.8 Å². The van der Waals surface area contributed by atoms with Gasteiger partial charge in [-0.25, -0.2) is 0 Å². The molecule has 2 aromatic rings. The van der Waals surface area contributed by atoms with Gasteiger partial charge < -0.3 is 10.4 Å². The topological polar surface area (TPSA) is 66.4 Å². The molecule has 0 fully saturated rings. The fourth-order valence-electron chi connectivity index (χ4n) is 1.60. The molecule has 0 saturated carbocycles. The van der Waals surface area contributed by atoms with Gasteiger partial charge in [-0.3, -0.25) is 9.59 Å². The third kappa shape index (κ3) is 3.42. The molecule has 0 spiro atoms. The number of aromatic hydroxyl groups is 1. The summed E-state index contributed by atoms with van der Waals surface area (Å²) in [5.74, 6) is -1.22. The number of benzene rings is 2. The Balaban J connectivity index is 1.96. The van der Waals surface area contributed by atoms with Crippen LogP contribution in [0.25, 0.3) is 0 Å². The average Bonchev–Trinajstić information content (AvgIpc) is 2.46. The van der Waals surface area contributed by atoms with Gasteiger partial charge >= 0.3 is 0 Å². The van der Waals surface area contributed by atoms with Crippen molar-refractivity contribution < 1.29 is 14.7 Å². The maximum absolute atomic E-state index is 11.8. The van der Waals surface area contributed by atoms with Gasteiger partial charge in [-0.1, -0.05) is 30.3 Å². The first-order chi connectivity index (χ1) is 9.16. The lowest BCUT2D eigenvalue weighted by Crippen LogP contribution is -2.30. The molecular formula is C15H13NO3. The van der Waals surface area contributed by atoms with E-state index in [9.17, 15) is 9.59 Å². The molecule has 0 bridgehead atoms. The number of amides is 1. The predicted octanol–water partition coefficient (Wildman–Crippen LogP) is 1.89. The highest BCUT2D eigenvalue weighted by Crippen LogP contribution is 2.10. The van der Waals surface area contributed by atoms with Crippen LogP contribution >= 0.6 is 0 Å². The highest BCUT2D eigenvalue weighted by molar-refractivity contribution is 6.42. The number of carbonyl (C=O) groups is 2. The van der Waals surface area contributed by atoms with E-state index >= 15 is 0 Å². The summed E-state index contributed by atoms with van der Waals surface area (Å²) in [6.07, 6.45) is 0. The van der Waals surface area contributed by atoms with E-state index in [1.165, 1.54) is 24.3 Å². The Kier molecular flexibility index (Phi) is 3.93. The van der Waals surface area contributed by atoms with Crippen molar-refractivity contribution in [3.63, 3.8) is 0 Å². The average molecular weight is 255 g/mol. The number of Topliss-reactive ketones (excluding diaryl/α,β-unsaturated/α-hetero) is 1. The maximum Gasteiger partial charge on any atom is 0.292 e. The standard InChI is InChI=1S/C15H13NO3/c17-13-8-6-12(7-9-13)14(18)15(19)16-10-11-4-2-1-3-5-11/h1-9,17H,10H2,(H,16,19). The van der Waals surface area contributed by atoms with Crippen LogP contribution in [0, 0.1) is 0 Å². The van der Waals surface area contributed by atoms with Crippen molar-refractivity contribution in [3.05, 3.63) is 65.7 Å². The van der Waals surface area contributed by atoms with Crippen LogP contribution in [-0.2, 0) is 11.3 Å². The van der Waals surface area contributed by atoms with E-state index in [4.69, 9.17) is 5.11 Å². The number of phenolic OH excluding ortho intramolecular Hbond substituents is 1. The first-order valence-corrected chi connectivity index (χ1v) is 5.82. The molecule has 0 aliphatic carbocycles. The molecule has 0 aliphatic heterocycles. The van der Waals surface area contributed by atoms with Crippen molar-refractivity contribution in [1.82, 2.24) is 5.32 Å². The minimum absolute atomic E-state index is 0.0567. The number of ketones is 1. The minimum atomic E-state index is -0.658. The summed E-state index contributed by atoms with van der Waals surface area (Å²) >= 11 is 0. The van der Waals surface area contributed by atoms with Crippen molar-refractivity contribution in [2.75, 3.05) is 0 Å². The Morgan fingerprint density at radius 2 is 1.58 bits per heavy atom. The molecule has 0 aliphatic rings. The van der Waals surface area contributed by atoms with E-state index in [-0.39, 0.29) is 11.3 Å². The summed E-state index contributed by atoms with van der Waals surface area (Å²) in [6, 6.07) is 14.9. The summed E-state index contributed by atoms with van der Waals surface area (Å²) in [5.41, 5.74) is 1.18. The van der Waals surface area contributed by atoms with Crippen molar-refractivity contribution in [1.29, 1.82) is 0 Å². The predicted molar refractivity (Wildman–Crippen MR) is 70.7 cm³/mol. The third-order valence-electron chi connectivity index (χ3n) is 2.63. The molecule has 0 aromatic heterocycles. The molecule has 0 saturated heterocycles. The molecule has 0 radical (unpaired) electrons. The van der Waals surface area contributed by atoms with E-state index in [0.29, 0.717) is 6.54 Å². The number of phenols is 1. The zero-order valence-electron chi connectivity index (χ0n) is 10.2. The first-order valence-electron chi connectivity index (χ1n) is 5.82. The quantitative estimate of drug-likeness (QED) is 0.647. The Hall–Kier alpha value is -2.62. The van der Waals surface area contributed by atoms with Crippen molar-refractivity contribution in [2.24, 2.45) is 0 Å². The summed E-state index contributed by atoms with van der Waals surface area (Å²) in [7, 11) is 0. The van der Waals surface area contributed by atoms with Gasteiger partial charge in [0.25, 0.3) is 5.91 Å². The fourth-order valence-corrected chi connectivity index (χ4v) is 1.60. The largest absolute Gasteiger partial charge is 0.508 e. The van der Waals surface area contributed by atoms with E-state index in [0.717, 1.165) is 5.56 Å². The van der Waals surface area contributed by atoms with E-state index in [1.54, 1.807) is 0 Å². The lowest BCUT2D eigenvalue weighted by Gasteiger charge is -2.04. The molecule has 2 rings (SSSR count). The Bertz CT molecular complexity index is 576. The van der Waals surface area contributed by atoms with Gasteiger partial charge in [-0.05, 0) is 29.8 Å². The molecule has 4 heteroatoms. The molecule has 96 valence electrons. The van der Waals surface area contributed by atoms with Crippen LogP contribution in [0.2, 0.25) is 0 Å². The van der Waals surface area contributed by atoms with Gasteiger partial charge in [-0.15, -0.1) is 0 Å². The summed E-state index contributed by atoms with van der Waals surface area (Å²) in [5, 5.41) is 11.7. The Morgan fingerprint density at radius 3 is 2.21 bits per heavy atom. The molecule has 1 amide bonds. The molecule has 2 aromatic carbocycles. The zero-order chi connectivity index (χ0) is 13.7. The number of nitrogens with one attached hydrogen (secondary N) is 1. The van der Waals surface area contributed by atoms with Gasteiger partial charge in [0.2, 0.25) is 5.78 Å². The van der Waals surface area contributed by atoms with E-state index in [2.05, 4.69) is 5.32 Å². The highest BCUT2D eigenvalue weighted by atomic mass is 16.3. The number of hydrogen-bond acceptors (Lipinski definition) is 3. The Labute approximate surface area is 110 Å². The molecule has 0 atom stereocenters. The molecule has 19 heavy (non-hydrogen) atoms. The lowest BCUT2D eigenvalue weighted by molar-refractivity contribution is -0.117. The van der Waals surface area contributed by atoms with E-state index in [1.807, 2.05) is 30.3 Å². The monoisotopic (exact) mass is 255 g/mol. The molecule has 4 nitrogen and oxygen atoms in total. The summed E-state index contributed by atoms with van der Waals surface area (Å²) < 4.78 is 0. The van der Waals surface area contributed by atoms with Crippen LogP contribution in [0.5, 0.6) is 5.75 Å². The van der Waals surface area contributed by atoms with Gasteiger partial charge in [0.15, 0.2) is 0 Å².